The Bertz CT molecular complexity index is 585. The van der Waals surface area contributed by atoms with Crippen molar-refractivity contribution in [3.63, 3.8) is 0 Å². The van der Waals surface area contributed by atoms with Gasteiger partial charge in [-0.15, -0.1) is 0 Å². The van der Waals surface area contributed by atoms with Crippen LogP contribution >= 0.6 is 0 Å². The predicted molar refractivity (Wildman–Crippen MR) is 72.9 cm³/mol. The SMILES string of the molecule is Cc1cc[n+](CCCOc2cccc(C(F)(F)F)c2)cc1.[Cl-]. The summed E-state index contributed by atoms with van der Waals surface area (Å²) in [5.41, 5.74) is 0.499. The first-order chi connectivity index (χ1) is 9.95. The Labute approximate surface area is 134 Å². The summed E-state index contributed by atoms with van der Waals surface area (Å²) in [6.07, 6.45) is 0.334. The maximum atomic E-state index is 12.6. The van der Waals surface area contributed by atoms with Crippen molar-refractivity contribution in [3.8, 4) is 5.75 Å². The predicted octanol–water partition coefficient (Wildman–Crippen LogP) is 0.774. The van der Waals surface area contributed by atoms with Crippen LogP contribution in [-0.2, 0) is 12.7 Å². The number of aryl methyl sites for hydroxylation is 2. The molecule has 0 radical (unpaired) electrons. The zero-order chi connectivity index (χ0) is 15.3. The van der Waals surface area contributed by atoms with E-state index in [1.54, 1.807) is 0 Å². The van der Waals surface area contributed by atoms with E-state index in [1.807, 2.05) is 36.0 Å². The minimum absolute atomic E-state index is 0. The molecule has 0 N–H and O–H groups in total. The Morgan fingerprint density at radius 2 is 1.77 bits per heavy atom. The molecule has 0 spiro atoms. The molecule has 1 heterocycles. The first kappa shape index (κ1) is 18.3. The Morgan fingerprint density at radius 1 is 1.09 bits per heavy atom. The van der Waals surface area contributed by atoms with E-state index in [9.17, 15) is 13.2 Å². The molecule has 0 saturated heterocycles. The summed E-state index contributed by atoms with van der Waals surface area (Å²) >= 11 is 0. The van der Waals surface area contributed by atoms with E-state index in [1.165, 1.54) is 17.7 Å². The second kappa shape index (κ2) is 8.03. The molecule has 0 fully saturated rings. The van der Waals surface area contributed by atoms with Gasteiger partial charge in [0.2, 0.25) is 0 Å². The van der Waals surface area contributed by atoms with E-state index >= 15 is 0 Å². The number of ether oxygens (including phenoxy) is 1. The molecule has 0 saturated carbocycles. The summed E-state index contributed by atoms with van der Waals surface area (Å²) in [6.45, 7) is 3.16. The summed E-state index contributed by atoms with van der Waals surface area (Å²) in [7, 11) is 0. The third-order valence-electron chi connectivity index (χ3n) is 3.05. The summed E-state index contributed by atoms with van der Waals surface area (Å²) in [6, 6.07) is 8.97. The number of pyridine rings is 1. The number of rotatable bonds is 5. The van der Waals surface area contributed by atoms with Crippen molar-refractivity contribution in [1.29, 1.82) is 0 Å². The number of halogens is 4. The smallest absolute Gasteiger partial charge is 0.416 e. The van der Waals surface area contributed by atoms with Gasteiger partial charge in [-0.2, -0.15) is 13.2 Å². The van der Waals surface area contributed by atoms with Gasteiger partial charge in [0.25, 0.3) is 0 Å². The lowest BCUT2D eigenvalue weighted by Crippen LogP contribution is -3.00. The second-order valence-corrected chi connectivity index (χ2v) is 4.84. The van der Waals surface area contributed by atoms with Crippen LogP contribution in [0.5, 0.6) is 5.75 Å². The highest BCUT2D eigenvalue weighted by Crippen LogP contribution is 2.31. The molecule has 22 heavy (non-hydrogen) atoms. The van der Waals surface area contributed by atoms with Gasteiger partial charge >= 0.3 is 6.18 Å². The van der Waals surface area contributed by atoms with Crippen LogP contribution in [0.3, 0.4) is 0 Å². The monoisotopic (exact) mass is 331 g/mol. The van der Waals surface area contributed by atoms with Crippen molar-refractivity contribution in [1.82, 2.24) is 0 Å². The van der Waals surface area contributed by atoms with E-state index in [4.69, 9.17) is 4.74 Å². The molecule has 1 aromatic carbocycles. The maximum Gasteiger partial charge on any atom is 0.416 e. The standard InChI is InChI=1S/C16H17F3NO.ClH/c1-13-6-9-20(10-7-13)8-3-11-21-15-5-2-4-14(12-15)16(17,18)19;/h2,4-7,9-10,12H,3,8,11H2,1H3;1H/q+1;/p-1. The van der Waals surface area contributed by atoms with Gasteiger partial charge in [-0.3, -0.25) is 0 Å². The Hall–Kier alpha value is -1.75. The number of hydrogen-bond acceptors (Lipinski definition) is 1. The first-order valence-corrected chi connectivity index (χ1v) is 6.71. The highest BCUT2D eigenvalue weighted by Gasteiger charge is 2.30. The van der Waals surface area contributed by atoms with Crippen LogP contribution in [0.1, 0.15) is 17.5 Å². The molecule has 2 rings (SSSR count). The molecule has 2 nitrogen and oxygen atoms in total. The molecule has 1 aromatic heterocycles. The van der Waals surface area contributed by atoms with Gasteiger partial charge in [-0.1, -0.05) is 6.07 Å². The lowest BCUT2D eigenvalue weighted by molar-refractivity contribution is -0.697. The van der Waals surface area contributed by atoms with Gasteiger partial charge in [-0.25, -0.2) is 4.57 Å². The molecule has 0 atom stereocenters. The molecule has 0 aliphatic heterocycles. The highest BCUT2D eigenvalue weighted by atomic mass is 35.5. The van der Waals surface area contributed by atoms with Crippen LogP contribution < -0.4 is 21.7 Å². The van der Waals surface area contributed by atoms with Crippen molar-refractivity contribution in [3.05, 3.63) is 59.9 Å². The Kier molecular flexibility index (Phi) is 6.68. The van der Waals surface area contributed by atoms with E-state index in [2.05, 4.69) is 0 Å². The molecular weight excluding hydrogens is 315 g/mol. The zero-order valence-corrected chi connectivity index (χ0v) is 12.9. The van der Waals surface area contributed by atoms with Crippen molar-refractivity contribution >= 4 is 0 Å². The first-order valence-electron chi connectivity index (χ1n) is 6.71. The van der Waals surface area contributed by atoms with E-state index in [0.717, 1.165) is 25.1 Å². The second-order valence-electron chi connectivity index (χ2n) is 4.84. The summed E-state index contributed by atoms with van der Waals surface area (Å²) in [5, 5.41) is 0. The van der Waals surface area contributed by atoms with Crippen molar-refractivity contribution in [2.45, 2.75) is 26.1 Å². The topological polar surface area (TPSA) is 13.1 Å². The van der Waals surface area contributed by atoms with E-state index in [0.29, 0.717) is 6.61 Å². The molecular formula is C16H17ClF3NO. The van der Waals surface area contributed by atoms with Gasteiger partial charge in [0.15, 0.2) is 18.9 Å². The van der Waals surface area contributed by atoms with E-state index in [-0.39, 0.29) is 18.2 Å². The van der Waals surface area contributed by atoms with E-state index < -0.39 is 11.7 Å². The van der Waals surface area contributed by atoms with Crippen LogP contribution in [0.25, 0.3) is 0 Å². The lowest BCUT2D eigenvalue weighted by Gasteiger charge is -2.09. The molecule has 0 amide bonds. The minimum atomic E-state index is -4.34. The van der Waals surface area contributed by atoms with Gasteiger partial charge < -0.3 is 17.1 Å². The Morgan fingerprint density at radius 3 is 2.41 bits per heavy atom. The van der Waals surface area contributed by atoms with Crippen LogP contribution in [0, 0.1) is 6.92 Å². The van der Waals surface area contributed by atoms with Gasteiger partial charge in [-0.05, 0) is 30.7 Å². The molecule has 6 heteroatoms. The molecule has 0 aliphatic carbocycles. The summed E-state index contributed by atoms with van der Waals surface area (Å²) < 4.78 is 45.0. The summed E-state index contributed by atoms with van der Waals surface area (Å²) in [5.74, 6) is 0.249. The maximum absolute atomic E-state index is 12.6. The fourth-order valence-electron chi connectivity index (χ4n) is 1.88. The Balaban J connectivity index is 0.00000242. The third kappa shape index (κ3) is 5.56. The van der Waals surface area contributed by atoms with Gasteiger partial charge in [0.1, 0.15) is 5.75 Å². The largest absolute Gasteiger partial charge is 1.00 e. The number of benzene rings is 1. The van der Waals surface area contributed by atoms with Crippen molar-refractivity contribution in [2.24, 2.45) is 0 Å². The molecule has 0 aliphatic rings. The third-order valence-corrected chi connectivity index (χ3v) is 3.05. The molecule has 0 unspecified atom stereocenters. The average Bonchev–Trinajstić information content (AvgIpc) is 2.45. The van der Waals surface area contributed by atoms with Crippen LogP contribution in [0.4, 0.5) is 13.2 Å². The summed E-state index contributed by atoms with van der Waals surface area (Å²) in [4.78, 5) is 0. The molecule has 120 valence electrons. The molecule has 0 bridgehead atoms. The highest BCUT2D eigenvalue weighted by molar-refractivity contribution is 5.30. The normalized spacial score (nSPS) is 10.9. The minimum Gasteiger partial charge on any atom is -1.00 e. The number of nitrogens with zero attached hydrogens (tertiary/aromatic N) is 1. The number of alkyl halides is 3. The van der Waals surface area contributed by atoms with Crippen LogP contribution in [0.15, 0.2) is 48.8 Å². The molecule has 2 aromatic rings. The average molecular weight is 332 g/mol. The van der Waals surface area contributed by atoms with Gasteiger partial charge in [0, 0.05) is 18.6 Å². The van der Waals surface area contributed by atoms with Crippen molar-refractivity contribution < 1.29 is 34.9 Å². The zero-order valence-electron chi connectivity index (χ0n) is 12.1. The number of aromatic nitrogens is 1. The van der Waals surface area contributed by atoms with Crippen LogP contribution in [0.2, 0.25) is 0 Å². The number of hydrogen-bond donors (Lipinski definition) is 0. The lowest BCUT2D eigenvalue weighted by atomic mass is 10.2. The quantitative estimate of drug-likeness (QED) is 0.583. The fraction of sp³-hybridized carbons (Fsp3) is 0.312. The van der Waals surface area contributed by atoms with Crippen molar-refractivity contribution in [2.75, 3.05) is 6.61 Å². The fourth-order valence-corrected chi connectivity index (χ4v) is 1.88. The van der Waals surface area contributed by atoms with Crippen LogP contribution in [-0.4, -0.2) is 6.61 Å². The van der Waals surface area contributed by atoms with Gasteiger partial charge in [0.05, 0.1) is 12.2 Å².